The molecule has 2 fully saturated rings. The maximum absolute atomic E-state index is 9.33. The Balaban J connectivity index is 1.88. The smallest absolute Gasteiger partial charge is 0.0579 e. The summed E-state index contributed by atoms with van der Waals surface area (Å²) in [5, 5.41) is 12.7. The molecular formula is C10H20N2O2. The first-order valence-corrected chi connectivity index (χ1v) is 5.39. The number of ether oxygens (including phenoxy) is 1. The van der Waals surface area contributed by atoms with Gasteiger partial charge in [-0.1, -0.05) is 0 Å². The minimum Gasteiger partial charge on any atom is -0.396 e. The lowest BCUT2D eigenvalue weighted by Gasteiger charge is -2.46. The van der Waals surface area contributed by atoms with Gasteiger partial charge in [0.1, 0.15) is 0 Å². The van der Waals surface area contributed by atoms with Crippen LogP contribution in [0, 0.1) is 5.41 Å². The highest BCUT2D eigenvalue weighted by Gasteiger charge is 2.40. The van der Waals surface area contributed by atoms with E-state index in [1.807, 2.05) is 0 Å². The Labute approximate surface area is 85.2 Å². The quantitative estimate of drug-likeness (QED) is 0.632. The molecule has 0 saturated carbocycles. The summed E-state index contributed by atoms with van der Waals surface area (Å²) in [4.78, 5) is 2.45. The second-order valence-electron chi connectivity index (χ2n) is 4.67. The second kappa shape index (κ2) is 4.14. The van der Waals surface area contributed by atoms with E-state index >= 15 is 0 Å². The molecule has 0 aromatic heterocycles. The van der Waals surface area contributed by atoms with Crippen molar-refractivity contribution in [2.75, 3.05) is 46.0 Å². The second-order valence-corrected chi connectivity index (χ2v) is 4.67. The molecule has 0 amide bonds. The van der Waals surface area contributed by atoms with Crippen LogP contribution in [0.15, 0.2) is 0 Å². The Kier molecular flexibility index (Phi) is 3.07. The standard InChI is InChI=1S/C10H20N2O2/c1-9-4-11-2-3-12(9)5-10(6-13)7-14-8-10/h9,11,13H,2-8H2,1H3/t9-/m0/s1. The van der Waals surface area contributed by atoms with Crippen molar-refractivity contribution in [3.8, 4) is 0 Å². The van der Waals surface area contributed by atoms with Crippen LogP contribution in [0.25, 0.3) is 0 Å². The first kappa shape index (κ1) is 10.4. The van der Waals surface area contributed by atoms with E-state index in [9.17, 15) is 5.11 Å². The van der Waals surface area contributed by atoms with Crippen LogP contribution in [0.2, 0.25) is 0 Å². The van der Waals surface area contributed by atoms with E-state index in [4.69, 9.17) is 4.74 Å². The van der Waals surface area contributed by atoms with Gasteiger partial charge in [-0.3, -0.25) is 4.90 Å². The van der Waals surface area contributed by atoms with Crippen molar-refractivity contribution in [3.05, 3.63) is 0 Å². The average Bonchev–Trinajstić information content (AvgIpc) is 2.14. The van der Waals surface area contributed by atoms with Crippen molar-refractivity contribution < 1.29 is 9.84 Å². The highest BCUT2D eigenvalue weighted by Crippen LogP contribution is 2.28. The van der Waals surface area contributed by atoms with Crippen LogP contribution in [0.3, 0.4) is 0 Å². The van der Waals surface area contributed by atoms with E-state index in [0.29, 0.717) is 6.04 Å². The number of piperazine rings is 1. The van der Waals surface area contributed by atoms with Crippen LogP contribution >= 0.6 is 0 Å². The van der Waals surface area contributed by atoms with E-state index in [-0.39, 0.29) is 12.0 Å². The lowest BCUT2D eigenvalue weighted by molar-refractivity contribution is -0.152. The fourth-order valence-corrected chi connectivity index (χ4v) is 2.17. The van der Waals surface area contributed by atoms with Gasteiger partial charge in [-0.15, -0.1) is 0 Å². The number of nitrogens with zero attached hydrogens (tertiary/aromatic N) is 1. The molecule has 1 atom stereocenters. The number of aliphatic hydroxyl groups is 1. The molecule has 14 heavy (non-hydrogen) atoms. The molecule has 2 heterocycles. The summed E-state index contributed by atoms with van der Waals surface area (Å²) in [6.45, 7) is 8.12. The number of hydrogen-bond donors (Lipinski definition) is 2. The van der Waals surface area contributed by atoms with E-state index in [1.54, 1.807) is 0 Å². The topological polar surface area (TPSA) is 44.7 Å². The van der Waals surface area contributed by atoms with Gasteiger partial charge in [0.25, 0.3) is 0 Å². The van der Waals surface area contributed by atoms with Crippen molar-refractivity contribution in [1.29, 1.82) is 0 Å². The number of rotatable bonds is 3. The number of nitrogens with one attached hydrogen (secondary N) is 1. The summed E-state index contributed by atoms with van der Waals surface area (Å²) in [6.07, 6.45) is 0. The molecule has 4 heteroatoms. The van der Waals surface area contributed by atoms with Gasteiger partial charge in [0, 0.05) is 32.2 Å². The van der Waals surface area contributed by atoms with Crippen LogP contribution < -0.4 is 5.32 Å². The average molecular weight is 200 g/mol. The first-order valence-electron chi connectivity index (χ1n) is 5.39. The molecule has 4 nitrogen and oxygen atoms in total. The molecule has 0 radical (unpaired) electrons. The van der Waals surface area contributed by atoms with Gasteiger partial charge in [0.2, 0.25) is 0 Å². The third-order valence-corrected chi connectivity index (χ3v) is 3.33. The first-order chi connectivity index (χ1) is 6.76. The molecule has 0 spiro atoms. The van der Waals surface area contributed by atoms with Crippen LogP contribution in [-0.4, -0.2) is 62.0 Å². The third-order valence-electron chi connectivity index (χ3n) is 3.33. The third kappa shape index (κ3) is 1.93. The van der Waals surface area contributed by atoms with E-state index in [2.05, 4.69) is 17.1 Å². The molecular weight excluding hydrogens is 180 g/mol. The van der Waals surface area contributed by atoms with Gasteiger partial charge in [-0.25, -0.2) is 0 Å². The van der Waals surface area contributed by atoms with E-state index in [0.717, 1.165) is 39.4 Å². The Morgan fingerprint density at radius 1 is 1.57 bits per heavy atom. The van der Waals surface area contributed by atoms with Crippen molar-refractivity contribution in [1.82, 2.24) is 10.2 Å². The molecule has 2 N–H and O–H groups in total. The van der Waals surface area contributed by atoms with Crippen molar-refractivity contribution in [2.24, 2.45) is 5.41 Å². The van der Waals surface area contributed by atoms with E-state index < -0.39 is 0 Å². The predicted molar refractivity (Wildman–Crippen MR) is 54.2 cm³/mol. The van der Waals surface area contributed by atoms with Crippen molar-refractivity contribution in [2.45, 2.75) is 13.0 Å². The van der Waals surface area contributed by atoms with Gasteiger partial charge in [0.05, 0.1) is 25.2 Å². The molecule has 2 saturated heterocycles. The zero-order valence-corrected chi connectivity index (χ0v) is 8.83. The summed E-state index contributed by atoms with van der Waals surface area (Å²) in [7, 11) is 0. The fraction of sp³-hybridized carbons (Fsp3) is 1.00. The largest absolute Gasteiger partial charge is 0.396 e. The maximum Gasteiger partial charge on any atom is 0.0579 e. The maximum atomic E-state index is 9.33. The van der Waals surface area contributed by atoms with Crippen LogP contribution in [-0.2, 0) is 4.74 Å². The lowest BCUT2D eigenvalue weighted by Crippen LogP contribution is -2.59. The molecule has 0 aliphatic carbocycles. The molecule has 0 aromatic rings. The Morgan fingerprint density at radius 3 is 2.86 bits per heavy atom. The highest BCUT2D eigenvalue weighted by molar-refractivity contribution is 4.90. The monoisotopic (exact) mass is 200 g/mol. The van der Waals surface area contributed by atoms with Gasteiger partial charge < -0.3 is 15.2 Å². The molecule has 0 unspecified atom stereocenters. The Hall–Kier alpha value is -0.160. The molecule has 0 bridgehead atoms. The molecule has 82 valence electrons. The van der Waals surface area contributed by atoms with Crippen LogP contribution in [0.5, 0.6) is 0 Å². The number of hydrogen-bond acceptors (Lipinski definition) is 4. The molecule has 2 rings (SSSR count). The van der Waals surface area contributed by atoms with Crippen LogP contribution in [0.1, 0.15) is 6.92 Å². The van der Waals surface area contributed by atoms with Crippen molar-refractivity contribution in [3.63, 3.8) is 0 Å². The SMILES string of the molecule is C[C@H]1CNCCN1CC1(CO)COC1. The Morgan fingerprint density at radius 2 is 2.36 bits per heavy atom. The summed E-state index contributed by atoms with van der Waals surface area (Å²) in [5.74, 6) is 0. The lowest BCUT2D eigenvalue weighted by atomic mass is 9.86. The summed E-state index contributed by atoms with van der Waals surface area (Å²) < 4.78 is 5.20. The number of aliphatic hydroxyl groups excluding tert-OH is 1. The van der Waals surface area contributed by atoms with Crippen LogP contribution in [0.4, 0.5) is 0 Å². The summed E-state index contributed by atoms with van der Waals surface area (Å²) in [6, 6.07) is 0.577. The zero-order chi connectivity index (χ0) is 10.0. The summed E-state index contributed by atoms with van der Waals surface area (Å²) in [5.41, 5.74) is 0.0333. The van der Waals surface area contributed by atoms with Gasteiger partial charge >= 0.3 is 0 Å². The van der Waals surface area contributed by atoms with E-state index in [1.165, 1.54) is 0 Å². The van der Waals surface area contributed by atoms with Gasteiger partial charge in [0.15, 0.2) is 0 Å². The minimum absolute atomic E-state index is 0.0333. The Bertz CT molecular complexity index is 189. The summed E-state index contributed by atoms with van der Waals surface area (Å²) >= 11 is 0. The zero-order valence-electron chi connectivity index (χ0n) is 8.83. The molecule has 0 aromatic carbocycles. The molecule has 2 aliphatic heterocycles. The van der Waals surface area contributed by atoms with Gasteiger partial charge in [-0.2, -0.15) is 0 Å². The molecule has 2 aliphatic rings. The minimum atomic E-state index is 0.0333. The normalized spacial score (nSPS) is 32.6. The predicted octanol–water partition coefficient (Wildman–Crippen LogP) is -0.711. The van der Waals surface area contributed by atoms with Crippen molar-refractivity contribution >= 4 is 0 Å². The fourth-order valence-electron chi connectivity index (χ4n) is 2.17. The highest BCUT2D eigenvalue weighted by atomic mass is 16.5. The van der Waals surface area contributed by atoms with Gasteiger partial charge in [-0.05, 0) is 6.92 Å².